The Kier molecular flexibility index (Phi) is 3.00. The predicted molar refractivity (Wildman–Crippen MR) is 93.0 cm³/mol. The summed E-state index contributed by atoms with van der Waals surface area (Å²) in [5.41, 5.74) is 3.55. The smallest absolute Gasteiger partial charge is 0.255 e. The molecule has 1 aliphatic heterocycles. The average molecular weight is 329 g/mol. The van der Waals surface area contributed by atoms with E-state index in [2.05, 4.69) is 4.98 Å². The fourth-order valence-corrected chi connectivity index (χ4v) is 3.50. The Balaban J connectivity index is 1.65. The van der Waals surface area contributed by atoms with Crippen molar-refractivity contribution < 1.29 is 9.21 Å². The van der Waals surface area contributed by atoms with E-state index in [0.29, 0.717) is 6.54 Å². The van der Waals surface area contributed by atoms with Crippen LogP contribution in [0.5, 0.6) is 0 Å². The summed E-state index contributed by atoms with van der Waals surface area (Å²) >= 11 is 0. The lowest BCUT2D eigenvalue weighted by molar-refractivity contribution is 0.0718. The number of benzene rings is 2. The minimum absolute atomic E-state index is 0.00236. The summed E-state index contributed by atoms with van der Waals surface area (Å²) in [7, 11) is 0. The van der Waals surface area contributed by atoms with E-state index >= 15 is 0 Å². The maximum Gasteiger partial charge on any atom is 0.255 e. The van der Waals surface area contributed by atoms with Crippen molar-refractivity contribution in [2.45, 2.75) is 12.6 Å². The van der Waals surface area contributed by atoms with E-state index in [1.165, 1.54) is 0 Å². The number of fused-ring (bicyclic) bond motifs is 2. The van der Waals surface area contributed by atoms with Crippen molar-refractivity contribution in [2.24, 2.45) is 0 Å². The molecule has 0 saturated heterocycles. The largest absolute Gasteiger partial charge is 0.467 e. The number of furan rings is 1. The van der Waals surface area contributed by atoms with Gasteiger partial charge in [0.05, 0.1) is 23.8 Å². The lowest BCUT2D eigenvalue weighted by Gasteiger charge is -2.22. The molecule has 0 radical (unpaired) electrons. The van der Waals surface area contributed by atoms with Crippen molar-refractivity contribution in [1.82, 2.24) is 14.9 Å². The number of aromatic amines is 1. The van der Waals surface area contributed by atoms with E-state index < -0.39 is 0 Å². The molecule has 5 nitrogen and oxygen atoms in total. The zero-order chi connectivity index (χ0) is 16.8. The van der Waals surface area contributed by atoms with Gasteiger partial charge in [-0.3, -0.25) is 4.79 Å². The molecule has 122 valence electrons. The summed E-state index contributed by atoms with van der Waals surface area (Å²) in [4.78, 5) is 22.9. The first-order valence-corrected chi connectivity index (χ1v) is 8.18. The summed E-state index contributed by atoms with van der Waals surface area (Å²) in [6, 6.07) is 19.1. The van der Waals surface area contributed by atoms with Crippen LogP contribution in [-0.4, -0.2) is 20.8 Å². The van der Waals surface area contributed by atoms with Crippen molar-refractivity contribution in [2.75, 3.05) is 0 Å². The number of hydrogen-bond acceptors (Lipinski definition) is 3. The normalized spacial score (nSPS) is 16.6. The summed E-state index contributed by atoms with van der Waals surface area (Å²) in [6.07, 6.45) is 1.62. The molecule has 1 N–H and O–H groups in total. The highest BCUT2D eigenvalue weighted by molar-refractivity contribution is 5.99. The molecular weight excluding hydrogens is 314 g/mol. The van der Waals surface area contributed by atoms with Gasteiger partial charge in [0.15, 0.2) is 0 Å². The molecule has 5 rings (SSSR count). The van der Waals surface area contributed by atoms with Crippen LogP contribution >= 0.6 is 0 Å². The van der Waals surface area contributed by atoms with Crippen molar-refractivity contribution in [3.63, 3.8) is 0 Å². The number of imidazole rings is 1. The zero-order valence-electron chi connectivity index (χ0n) is 13.3. The van der Waals surface area contributed by atoms with Crippen molar-refractivity contribution in [3.8, 4) is 0 Å². The Morgan fingerprint density at radius 2 is 1.88 bits per heavy atom. The number of para-hydroxylation sites is 2. The molecule has 1 unspecified atom stereocenters. The maximum absolute atomic E-state index is 13.0. The third kappa shape index (κ3) is 2.16. The molecule has 4 aromatic rings. The van der Waals surface area contributed by atoms with Crippen LogP contribution in [-0.2, 0) is 6.54 Å². The first kappa shape index (κ1) is 14.0. The molecule has 25 heavy (non-hydrogen) atoms. The molecular formula is C20H15N3O2. The molecule has 1 aliphatic rings. The highest BCUT2D eigenvalue weighted by Crippen LogP contribution is 2.38. The number of hydrogen-bond donors (Lipinski definition) is 1. The summed E-state index contributed by atoms with van der Waals surface area (Å²) in [6.45, 7) is 0.405. The SMILES string of the molecule is O=C1c2ccccc2C(c2nc3ccccc3[nH]2)N1Cc1ccco1. The van der Waals surface area contributed by atoms with Gasteiger partial charge in [-0.15, -0.1) is 0 Å². The maximum atomic E-state index is 13.0. The molecule has 1 atom stereocenters. The Hall–Kier alpha value is -3.34. The lowest BCUT2D eigenvalue weighted by Crippen LogP contribution is -2.28. The summed E-state index contributed by atoms with van der Waals surface area (Å²) < 4.78 is 5.46. The summed E-state index contributed by atoms with van der Waals surface area (Å²) in [5, 5.41) is 0. The second-order valence-electron chi connectivity index (χ2n) is 6.14. The molecule has 1 amide bonds. The van der Waals surface area contributed by atoms with E-state index in [-0.39, 0.29) is 11.9 Å². The first-order chi connectivity index (χ1) is 12.3. The minimum Gasteiger partial charge on any atom is -0.467 e. The van der Waals surface area contributed by atoms with Crippen molar-refractivity contribution in [1.29, 1.82) is 0 Å². The number of carbonyl (C=O) groups excluding carboxylic acids is 1. The number of carbonyl (C=O) groups is 1. The molecule has 0 bridgehead atoms. The highest BCUT2D eigenvalue weighted by atomic mass is 16.3. The van der Waals surface area contributed by atoms with Crippen LogP contribution in [0.15, 0.2) is 71.3 Å². The van der Waals surface area contributed by atoms with E-state index in [9.17, 15) is 4.79 Å². The van der Waals surface area contributed by atoms with Gasteiger partial charge in [0.25, 0.3) is 5.91 Å². The van der Waals surface area contributed by atoms with Gasteiger partial charge >= 0.3 is 0 Å². The van der Waals surface area contributed by atoms with E-state index in [1.54, 1.807) is 11.2 Å². The lowest BCUT2D eigenvalue weighted by atomic mass is 10.0. The third-order valence-corrected chi connectivity index (χ3v) is 4.63. The minimum atomic E-state index is -0.249. The van der Waals surface area contributed by atoms with Gasteiger partial charge in [-0.1, -0.05) is 30.3 Å². The van der Waals surface area contributed by atoms with Gasteiger partial charge in [-0.05, 0) is 35.9 Å². The van der Waals surface area contributed by atoms with Crippen LogP contribution in [0.1, 0.15) is 33.5 Å². The van der Waals surface area contributed by atoms with Crippen molar-refractivity contribution >= 4 is 16.9 Å². The van der Waals surface area contributed by atoms with Gasteiger partial charge in [0.1, 0.15) is 17.6 Å². The Labute approximate surface area is 143 Å². The number of H-pyrrole nitrogens is 1. The fraction of sp³-hybridized carbons (Fsp3) is 0.100. The van der Waals surface area contributed by atoms with E-state index in [4.69, 9.17) is 9.40 Å². The molecule has 0 spiro atoms. The van der Waals surface area contributed by atoms with Crippen LogP contribution in [0.2, 0.25) is 0 Å². The van der Waals surface area contributed by atoms with Crippen LogP contribution in [0.25, 0.3) is 11.0 Å². The van der Waals surface area contributed by atoms with Gasteiger partial charge in [0, 0.05) is 5.56 Å². The van der Waals surface area contributed by atoms with Gasteiger partial charge < -0.3 is 14.3 Å². The molecule has 5 heteroatoms. The number of nitrogens with one attached hydrogen (secondary N) is 1. The monoisotopic (exact) mass is 329 g/mol. The Morgan fingerprint density at radius 3 is 2.72 bits per heavy atom. The zero-order valence-corrected chi connectivity index (χ0v) is 13.3. The quantitative estimate of drug-likeness (QED) is 0.620. The number of nitrogens with zero attached hydrogens (tertiary/aromatic N) is 2. The average Bonchev–Trinajstić information content (AvgIpc) is 3.35. The second kappa shape index (κ2) is 5.34. The molecule has 0 aliphatic carbocycles. The molecule has 3 heterocycles. The van der Waals surface area contributed by atoms with Gasteiger partial charge in [0.2, 0.25) is 0 Å². The van der Waals surface area contributed by atoms with Crippen molar-refractivity contribution in [3.05, 3.63) is 89.6 Å². The number of aromatic nitrogens is 2. The molecule has 0 fully saturated rings. The number of rotatable bonds is 3. The number of amides is 1. The van der Waals surface area contributed by atoms with Crippen LogP contribution in [0.3, 0.4) is 0 Å². The summed E-state index contributed by atoms with van der Waals surface area (Å²) in [5.74, 6) is 1.52. The standard InChI is InChI=1S/C20H15N3O2/c24-20-15-8-2-1-7-14(15)18(23(20)12-13-6-5-11-25-13)19-21-16-9-3-4-10-17(16)22-19/h1-11,18H,12H2,(H,21,22). The Morgan fingerprint density at radius 1 is 1.04 bits per heavy atom. The molecule has 2 aromatic carbocycles. The first-order valence-electron chi connectivity index (χ1n) is 8.18. The molecule has 0 saturated carbocycles. The van der Waals surface area contributed by atoms with Gasteiger partial charge in [-0.25, -0.2) is 4.98 Å². The fourth-order valence-electron chi connectivity index (χ4n) is 3.50. The van der Waals surface area contributed by atoms with E-state index in [1.807, 2.05) is 60.7 Å². The second-order valence-corrected chi connectivity index (χ2v) is 6.14. The predicted octanol–water partition coefficient (Wildman–Crippen LogP) is 3.90. The van der Waals surface area contributed by atoms with Crippen LogP contribution in [0, 0.1) is 0 Å². The van der Waals surface area contributed by atoms with Gasteiger partial charge in [-0.2, -0.15) is 0 Å². The van der Waals surface area contributed by atoms with Crippen LogP contribution in [0.4, 0.5) is 0 Å². The molecule has 2 aromatic heterocycles. The third-order valence-electron chi connectivity index (χ3n) is 4.63. The topological polar surface area (TPSA) is 62.1 Å². The Bertz CT molecular complexity index is 1030. The highest BCUT2D eigenvalue weighted by Gasteiger charge is 2.39. The van der Waals surface area contributed by atoms with E-state index in [0.717, 1.165) is 33.7 Å². The van der Waals surface area contributed by atoms with Crippen LogP contribution < -0.4 is 0 Å².